The molecule has 1 amide bonds. The van der Waals surface area contributed by atoms with Gasteiger partial charge in [0.2, 0.25) is 0 Å². The minimum Gasteiger partial charge on any atom is -0.334 e. The lowest BCUT2D eigenvalue weighted by Crippen LogP contribution is -2.47. The van der Waals surface area contributed by atoms with Crippen LogP contribution in [-0.2, 0) is 6.42 Å². The number of carbonyl (C=O) groups is 1. The summed E-state index contributed by atoms with van der Waals surface area (Å²) in [6, 6.07) is 10.1. The van der Waals surface area contributed by atoms with Gasteiger partial charge in [-0.05, 0) is 43.4 Å². The summed E-state index contributed by atoms with van der Waals surface area (Å²) < 4.78 is 0. The molecule has 0 N–H and O–H groups in total. The lowest BCUT2D eigenvalue weighted by Gasteiger charge is -2.37. The molecule has 20 heavy (non-hydrogen) atoms. The van der Waals surface area contributed by atoms with Crippen molar-refractivity contribution in [3.63, 3.8) is 0 Å². The Bertz CT molecular complexity index is 523. The molecule has 105 valence electrons. The molecule has 2 aliphatic heterocycles. The molecule has 0 spiro atoms. The van der Waals surface area contributed by atoms with Crippen LogP contribution in [0.15, 0.2) is 18.2 Å². The lowest BCUT2D eigenvalue weighted by atomic mass is 9.92. The van der Waals surface area contributed by atoms with Gasteiger partial charge in [0, 0.05) is 37.3 Å². The molecule has 1 aromatic carbocycles. The van der Waals surface area contributed by atoms with Crippen molar-refractivity contribution in [2.24, 2.45) is 0 Å². The Morgan fingerprint density at radius 2 is 2.05 bits per heavy atom. The fourth-order valence-electron chi connectivity index (χ4n) is 3.83. The zero-order valence-corrected chi connectivity index (χ0v) is 11.8. The Morgan fingerprint density at radius 3 is 2.85 bits per heavy atom. The highest BCUT2D eigenvalue weighted by atomic mass is 16.2. The van der Waals surface area contributed by atoms with E-state index in [2.05, 4.69) is 15.9 Å². The normalized spacial score (nSPS) is 27.5. The van der Waals surface area contributed by atoms with Gasteiger partial charge in [-0.1, -0.05) is 18.6 Å². The van der Waals surface area contributed by atoms with Crippen LogP contribution >= 0.6 is 0 Å². The van der Waals surface area contributed by atoms with Gasteiger partial charge in [-0.3, -0.25) is 9.69 Å². The highest BCUT2D eigenvalue weighted by Gasteiger charge is 2.37. The third-order valence-electron chi connectivity index (χ3n) is 5.29. The van der Waals surface area contributed by atoms with Crippen LogP contribution in [0, 0.1) is 6.07 Å². The molecular weight excluding hydrogens is 248 g/mol. The summed E-state index contributed by atoms with van der Waals surface area (Å²) in [5, 5.41) is 0. The maximum atomic E-state index is 12.7. The highest BCUT2D eigenvalue weighted by molar-refractivity contribution is 5.96. The summed E-state index contributed by atoms with van der Waals surface area (Å²) in [7, 11) is 0. The van der Waals surface area contributed by atoms with E-state index in [9.17, 15) is 4.79 Å². The molecule has 1 unspecified atom stereocenters. The van der Waals surface area contributed by atoms with Crippen molar-refractivity contribution < 1.29 is 4.79 Å². The molecule has 2 heterocycles. The monoisotopic (exact) mass is 269 g/mol. The van der Waals surface area contributed by atoms with Gasteiger partial charge >= 0.3 is 0 Å². The van der Waals surface area contributed by atoms with E-state index in [1.807, 2.05) is 18.2 Å². The molecule has 3 aliphatic rings. The van der Waals surface area contributed by atoms with Gasteiger partial charge in [0.25, 0.3) is 5.91 Å². The molecular formula is C17H21N2O. The van der Waals surface area contributed by atoms with E-state index < -0.39 is 0 Å². The number of rotatable bonds is 2. The average Bonchev–Trinajstić information content (AvgIpc) is 2.86. The van der Waals surface area contributed by atoms with Crippen LogP contribution in [-0.4, -0.2) is 47.4 Å². The molecule has 1 saturated heterocycles. The van der Waals surface area contributed by atoms with Gasteiger partial charge in [0.15, 0.2) is 0 Å². The molecule has 1 radical (unpaired) electrons. The summed E-state index contributed by atoms with van der Waals surface area (Å²) in [4.78, 5) is 17.4. The van der Waals surface area contributed by atoms with Crippen LogP contribution in [0.25, 0.3) is 0 Å². The standard InChI is InChI=1S/C17H21N2O/c20-17-16-7-2-1-4-13(16)8-11-19(17)15-9-10-18(12-15)14-5-3-6-14/h2,4,7,14-15H,3,5-6,8-12H2. The summed E-state index contributed by atoms with van der Waals surface area (Å²) >= 11 is 0. The second kappa shape index (κ2) is 4.88. The Labute approximate surface area is 120 Å². The topological polar surface area (TPSA) is 23.6 Å². The first-order valence-electron chi connectivity index (χ1n) is 7.87. The van der Waals surface area contributed by atoms with Crippen LogP contribution in [0.3, 0.4) is 0 Å². The number of amides is 1. The molecule has 3 heteroatoms. The third kappa shape index (κ3) is 1.96. The highest BCUT2D eigenvalue weighted by Crippen LogP contribution is 2.30. The number of fused-ring (bicyclic) bond motifs is 1. The van der Waals surface area contributed by atoms with Crippen molar-refractivity contribution in [2.75, 3.05) is 19.6 Å². The molecule has 0 aromatic heterocycles. The van der Waals surface area contributed by atoms with E-state index in [1.54, 1.807) is 0 Å². The van der Waals surface area contributed by atoms with E-state index in [0.29, 0.717) is 6.04 Å². The Kier molecular flexibility index (Phi) is 3.03. The fraction of sp³-hybridized carbons (Fsp3) is 0.588. The Balaban J connectivity index is 1.49. The molecule has 4 rings (SSSR count). The van der Waals surface area contributed by atoms with Crippen LogP contribution in [0.4, 0.5) is 0 Å². The van der Waals surface area contributed by atoms with Gasteiger partial charge in [0.05, 0.1) is 0 Å². The minimum atomic E-state index is 0.237. The number of carbonyl (C=O) groups excluding carboxylic acids is 1. The lowest BCUT2D eigenvalue weighted by molar-refractivity contribution is 0.0647. The van der Waals surface area contributed by atoms with Crippen molar-refractivity contribution in [2.45, 2.75) is 44.2 Å². The summed E-state index contributed by atoms with van der Waals surface area (Å²) in [5.74, 6) is 0.237. The van der Waals surface area contributed by atoms with Crippen molar-refractivity contribution in [1.29, 1.82) is 0 Å². The summed E-state index contributed by atoms with van der Waals surface area (Å²) in [6.07, 6.45) is 6.24. The van der Waals surface area contributed by atoms with Crippen LogP contribution in [0.2, 0.25) is 0 Å². The maximum Gasteiger partial charge on any atom is 0.254 e. The van der Waals surface area contributed by atoms with E-state index in [1.165, 1.54) is 31.4 Å². The first-order chi connectivity index (χ1) is 9.83. The fourth-order valence-corrected chi connectivity index (χ4v) is 3.83. The molecule has 1 aliphatic carbocycles. The van der Waals surface area contributed by atoms with Gasteiger partial charge < -0.3 is 4.90 Å². The van der Waals surface area contributed by atoms with Crippen molar-refractivity contribution in [3.05, 3.63) is 35.4 Å². The minimum absolute atomic E-state index is 0.237. The van der Waals surface area contributed by atoms with Crippen molar-refractivity contribution in [3.8, 4) is 0 Å². The smallest absolute Gasteiger partial charge is 0.254 e. The number of hydrogen-bond donors (Lipinski definition) is 0. The number of benzene rings is 1. The summed E-state index contributed by atoms with van der Waals surface area (Å²) in [6.45, 7) is 3.14. The van der Waals surface area contributed by atoms with Crippen LogP contribution in [0.5, 0.6) is 0 Å². The molecule has 1 atom stereocenters. The van der Waals surface area contributed by atoms with Crippen LogP contribution < -0.4 is 0 Å². The van der Waals surface area contributed by atoms with Gasteiger partial charge in [-0.15, -0.1) is 0 Å². The predicted molar refractivity (Wildman–Crippen MR) is 77.6 cm³/mol. The van der Waals surface area contributed by atoms with E-state index >= 15 is 0 Å². The first kappa shape index (κ1) is 12.4. The number of nitrogens with zero attached hydrogens (tertiary/aromatic N) is 2. The van der Waals surface area contributed by atoms with Crippen LogP contribution in [0.1, 0.15) is 41.6 Å². The average molecular weight is 269 g/mol. The number of hydrogen-bond acceptors (Lipinski definition) is 2. The SMILES string of the molecule is O=C1c2cc[c]cc2CCN1C1CCN(C2CCC2)C1. The molecule has 2 fully saturated rings. The second-order valence-electron chi connectivity index (χ2n) is 6.35. The summed E-state index contributed by atoms with van der Waals surface area (Å²) in [5.41, 5.74) is 2.07. The largest absolute Gasteiger partial charge is 0.334 e. The zero-order chi connectivity index (χ0) is 13.5. The number of likely N-dealkylation sites (tertiary alicyclic amines) is 1. The predicted octanol–water partition coefficient (Wildman–Crippen LogP) is 2.11. The van der Waals surface area contributed by atoms with Crippen molar-refractivity contribution in [1.82, 2.24) is 9.80 Å². The maximum absolute atomic E-state index is 12.7. The van der Waals surface area contributed by atoms with Crippen molar-refractivity contribution >= 4 is 5.91 Å². The van der Waals surface area contributed by atoms with Gasteiger partial charge in [-0.2, -0.15) is 0 Å². The zero-order valence-electron chi connectivity index (χ0n) is 11.8. The Hall–Kier alpha value is -1.35. The molecule has 1 aromatic rings. The molecule has 3 nitrogen and oxygen atoms in total. The van der Waals surface area contributed by atoms with E-state index in [4.69, 9.17) is 0 Å². The quantitative estimate of drug-likeness (QED) is 0.821. The molecule has 1 saturated carbocycles. The first-order valence-corrected chi connectivity index (χ1v) is 7.87. The van der Waals surface area contributed by atoms with Gasteiger partial charge in [0.1, 0.15) is 0 Å². The third-order valence-corrected chi connectivity index (χ3v) is 5.29. The Morgan fingerprint density at radius 1 is 1.15 bits per heavy atom. The van der Waals surface area contributed by atoms with Gasteiger partial charge in [-0.25, -0.2) is 0 Å². The van der Waals surface area contributed by atoms with E-state index in [0.717, 1.165) is 37.5 Å². The van der Waals surface area contributed by atoms with E-state index in [-0.39, 0.29) is 5.91 Å². The second-order valence-corrected chi connectivity index (χ2v) is 6.35. The molecule has 0 bridgehead atoms.